The molecule has 7 nitrogen and oxygen atoms in total. The summed E-state index contributed by atoms with van der Waals surface area (Å²) in [6.45, 7) is 4.08. The number of hydrogen-bond acceptors (Lipinski definition) is 5. The normalized spacial score (nSPS) is 11.6. The van der Waals surface area contributed by atoms with Gasteiger partial charge < -0.3 is 20.1 Å². The third kappa shape index (κ3) is 7.24. The SMILES string of the molecule is COC(=O)C(CC(C)C)NC(=O)CCNC(=O)c1ccc(OC)cc1. The highest BCUT2D eigenvalue weighted by Crippen LogP contribution is 2.11. The third-order valence-corrected chi connectivity index (χ3v) is 3.52. The molecule has 138 valence electrons. The molecule has 2 N–H and O–H groups in total. The minimum absolute atomic E-state index is 0.0769. The molecule has 0 spiro atoms. The Hall–Kier alpha value is -2.57. The average Bonchev–Trinajstić information content (AvgIpc) is 2.60. The van der Waals surface area contributed by atoms with Gasteiger partial charge in [0.2, 0.25) is 5.91 Å². The van der Waals surface area contributed by atoms with E-state index < -0.39 is 12.0 Å². The number of carbonyl (C=O) groups is 3. The second-order valence-corrected chi connectivity index (χ2v) is 6.01. The molecule has 1 unspecified atom stereocenters. The lowest BCUT2D eigenvalue weighted by Gasteiger charge is -2.18. The van der Waals surface area contributed by atoms with Gasteiger partial charge in [0.25, 0.3) is 5.91 Å². The number of rotatable bonds is 9. The Bertz CT molecular complexity index is 584. The van der Waals surface area contributed by atoms with E-state index in [0.29, 0.717) is 17.7 Å². The van der Waals surface area contributed by atoms with Crippen LogP contribution in [-0.2, 0) is 14.3 Å². The second kappa shape index (κ2) is 10.3. The molecule has 0 aliphatic rings. The Morgan fingerprint density at radius 2 is 1.72 bits per heavy atom. The van der Waals surface area contributed by atoms with E-state index in [9.17, 15) is 14.4 Å². The fourth-order valence-corrected chi connectivity index (χ4v) is 2.23. The molecule has 1 rings (SSSR count). The number of benzene rings is 1. The molecule has 7 heteroatoms. The van der Waals surface area contributed by atoms with Crippen LogP contribution in [0.3, 0.4) is 0 Å². The minimum Gasteiger partial charge on any atom is -0.497 e. The Kier molecular flexibility index (Phi) is 8.46. The first kappa shape index (κ1) is 20.5. The van der Waals surface area contributed by atoms with Crippen LogP contribution >= 0.6 is 0 Å². The summed E-state index contributed by atoms with van der Waals surface area (Å²) in [5.41, 5.74) is 0.480. The number of nitrogens with one attached hydrogen (secondary N) is 2. The molecule has 0 saturated carbocycles. The van der Waals surface area contributed by atoms with Crippen molar-refractivity contribution in [1.82, 2.24) is 10.6 Å². The predicted molar refractivity (Wildman–Crippen MR) is 93.3 cm³/mol. The van der Waals surface area contributed by atoms with Gasteiger partial charge in [-0.05, 0) is 36.6 Å². The summed E-state index contributed by atoms with van der Waals surface area (Å²) >= 11 is 0. The number of methoxy groups -OCH3 is 2. The summed E-state index contributed by atoms with van der Waals surface area (Å²) in [6.07, 6.45) is 0.574. The molecule has 0 aliphatic carbocycles. The van der Waals surface area contributed by atoms with Crippen LogP contribution in [0.2, 0.25) is 0 Å². The molecule has 0 aromatic heterocycles. The standard InChI is InChI=1S/C18H26N2O5/c1-12(2)11-15(18(23)25-4)20-16(21)9-10-19-17(22)13-5-7-14(24-3)8-6-13/h5-8,12,15H,9-11H2,1-4H3,(H,19,22)(H,20,21). The first-order valence-corrected chi connectivity index (χ1v) is 8.16. The molecule has 0 saturated heterocycles. The Morgan fingerprint density at radius 3 is 2.24 bits per heavy atom. The first-order valence-electron chi connectivity index (χ1n) is 8.16. The fraction of sp³-hybridized carbons (Fsp3) is 0.500. The Labute approximate surface area is 148 Å². The van der Waals surface area contributed by atoms with Crippen LogP contribution in [0.5, 0.6) is 5.75 Å². The molecule has 0 aliphatic heterocycles. The molecular formula is C18H26N2O5. The van der Waals surface area contributed by atoms with E-state index in [2.05, 4.69) is 10.6 Å². The van der Waals surface area contributed by atoms with Gasteiger partial charge in [0, 0.05) is 18.5 Å². The zero-order valence-electron chi connectivity index (χ0n) is 15.1. The highest BCUT2D eigenvalue weighted by Gasteiger charge is 2.22. The monoisotopic (exact) mass is 350 g/mol. The zero-order valence-corrected chi connectivity index (χ0v) is 15.1. The van der Waals surface area contributed by atoms with Crippen molar-refractivity contribution in [2.24, 2.45) is 5.92 Å². The second-order valence-electron chi connectivity index (χ2n) is 6.01. The lowest BCUT2D eigenvalue weighted by Crippen LogP contribution is -2.43. The summed E-state index contributed by atoms with van der Waals surface area (Å²) in [4.78, 5) is 35.6. The summed E-state index contributed by atoms with van der Waals surface area (Å²) < 4.78 is 9.73. The van der Waals surface area contributed by atoms with Crippen LogP contribution in [0.25, 0.3) is 0 Å². The van der Waals surface area contributed by atoms with E-state index >= 15 is 0 Å². The van der Waals surface area contributed by atoms with E-state index in [0.717, 1.165) is 0 Å². The maximum Gasteiger partial charge on any atom is 0.328 e. The molecule has 1 aromatic carbocycles. The van der Waals surface area contributed by atoms with Gasteiger partial charge in [0.15, 0.2) is 0 Å². The average molecular weight is 350 g/mol. The summed E-state index contributed by atoms with van der Waals surface area (Å²) in [5.74, 6) is -0.161. The highest BCUT2D eigenvalue weighted by molar-refractivity contribution is 5.94. The minimum atomic E-state index is -0.671. The smallest absolute Gasteiger partial charge is 0.328 e. The van der Waals surface area contributed by atoms with Crippen molar-refractivity contribution in [2.75, 3.05) is 20.8 Å². The van der Waals surface area contributed by atoms with E-state index in [4.69, 9.17) is 9.47 Å². The van der Waals surface area contributed by atoms with Crippen molar-refractivity contribution < 1.29 is 23.9 Å². The van der Waals surface area contributed by atoms with Crippen LogP contribution in [0.1, 0.15) is 37.0 Å². The highest BCUT2D eigenvalue weighted by atomic mass is 16.5. The molecule has 25 heavy (non-hydrogen) atoms. The van der Waals surface area contributed by atoms with Crippen LogP contribution < -0.4 is 15.4 Å². The lowest BCUT2D eigenvalue weighted by atomic mass is 10.0. The number of esters is 1. The van der Waals surface area contributed by atoms with Crippen molar-refractivity contribution in [3.05, 3.63) is 29.8 Å². The Balaban J connectivity index is 2.44. The van der Waals surface area contributed by atoms with Gasteiger partial charge >= 0.3 is 5.97 Å². The maximum atomic E-state index is 12.0. The van der Waals surface area contributed by atoms with Crippen molar-refractivity contribution in [3.63, 3.8) is 0 Å². The van der Waals surface area contributed by atoms with Gasteiger partial charge in [-0.3, -0.25) is 9.59 Å². The van der Waals surface area contributed by atoms with Crippen LogP contribution in [0, 0.1) is 5.92 Å². The number of hydrogen-bond donors (Lipinski definition) is 2. The molecule has 0 bridgehead atoms. The molecule has 1 aromatic rings. The molecule has 0 fully saturated rings. The van der Waals surface area contributed by atoms with Crippen molar-refractivity contribution >= 4 is 17.8 Å². The van der Waals surface area contributed by atoms with E-state index in [1.807, 2.05) is 13.8 Å². The van der Waals surface area contributed by atoms with Gasteiger partial charge in [-0.2, -0.15) is 0 Å². The topological polar surface area (TPSA) is 93.7 Å². The predicted octanol–water partition coefficient (Wildman–Crippen LogP) is 1.52. The number of ether oxygens (including phenoxy) is 2. The zero-order chi connectivity index (χ0) is 18.8. The summed E-state index contributed by atoms with van der Waals surface area (Å²) in [7, 11) is 2.84. The first-order chi connectivity index (χ1) is 11.9. The van der Waals surface area contributed by atoms with E-state index in [1.54, 1.807) is 31.4 Å². The van der Waals surface area contributed by atoms with E-state index in [1.165, 1.54) is 7.11 Å². The molecule has 0 radical (unpaired) electrons. The van der Waals surface area contributed by atoms with E-state index in [-0.39, 0.29) is 30.7 Å². The van der Waals surface area contributed by atoms with Gasteiger partial charge in [-0.1, -0.05) is 13.8 Å². The molecular weight excluding hydrogens is 324 g/mol. The van der Waals surface area contributed by atoms with Gasteiger partial charge in [0.1, 0.15) is 11.8 Å². The summed E-state index contributed by atoms with van der Waals surface area (Å²) in [5, 5.41) is 5.31. The van der Waals surface area contributed by atoms with Gasteiger partial charge in [-0.25, -0.2) is 4.79 Å². The third-order valence-electron chi connectivity index (χ3n) is 3.52. The lowest BCUT2D eigenvalue weighted by molar-refractivity contribution is -0.145. The van der Waals surface area contributed by atoms with Crippen LogP contribution in [-0.4, -0.2) is 44.6 Å². The number of amides is 2. The molecule has 1 atom stereocenters. The maximum absolute atomic E-state index is 12.0. The summed E-state index contributed by atoms with van der Waals surface area (Å²) in [6, 6.07) is 5.99. The van der Waals surface area contributed by atoms with Gasteiger partial charge in [0.05, 0.1) is 14.2 Å². The molecule has 0 heterocycles. The fourth-order valence-electron chi connectivity index (χ4n) is 2.23. The quantitative estimate of drug-likeness (QED) is 0.659. The van der Waals surface area contributed by atoms with Crippen molar-refractivity contribution in [1.29, 1.82) is 0 Å². The number of carbonyl (C=O) groups excluding carboxylic acids is 3. The Morgan fingerprint density at radius 1 is 1.08 bits per heavy atom. The van der Waals surface area contributed by atoms with Gasteiger partial charge in [-0.15, -0.1) is 0 Å². The van der Waals surface area contributed by atoms with Crippen molar-refractivity contribution in [3.8, 4) is 5.75 Å². The largest absolute Gasteiger partial charge is 0.497 e. The van der Waals surface area contributed by atoms with Crippen LogP contribution in [0.15, 0.2) is 24.3 Å². The van der Waals surface area contributed by atoms with Crippen LogP contribution in [0.4, 0.5) is 0 Å². The van der Waals surface area contributed by atoms with Crippen molar-refractivity contribution in [2.45, 2.75) is 32.7 Å². The molecule has 2 amide bonds.